The molecule has 0 amide bonds. The Hall–Kier alpha value is -2.44. The van der Waals surface area contributed by atoms with Gasteiger partial charge in [0, 0.05) is 51.4 Å². The minimum atomic E-state index is -0.259. The van der Waals surface area contributed by atoms with Crippen molar-refractivity contribution in [3.63, 3.8) is 0 Å². The molecule has 1 heterocycles. The van der Waals surface area contributed by atoms with E-state index in [0.717, 1.165) is 44.0 Å². The average Bonchev–Trinajstić information content (AvgIpc) is 2.67. The van der Waals surface area contributed by atoms with E-state index in [1.165, 1.54) is 5.56 Å². The molecule has 1 aliphatic heterocycles. The van der Waals surface area contributed by atoms with E-state index in [0.29, 0.717) is 12.6 Å². The van der Waals surface area contributed by atoms with E-state index in [1.54, 1.807) is 6.07 Å². The fourth-order valence-corrected chi connectivity index (χ4v) is 3.40. The zero-order chi connectivity index (χ0) is 19.2. The summed E-state index contributed by atoms with van der Waals surface area (Å²) in [5, 5.41) is 14.9. The molecule has 1 saturated heterocycles. The molecule has 0 saturated carbocycles. The van der Waals surface area contributed by atoms with Gasteiger partial charge >= 0.3 is 0 Å². The van der Waals surface area contributed by atoms with Crippen LogP contribution in [0.4, 0.5) is 11.4 Å². The summed E-state index contributed by atoms with van der Waals surface area (Å²) < 4.78 is 0. The number of nitrogens with one attached hydrogen (secondary N) is 1. The van der Waals surface area contributed by atoms with Crippen molar-refractivity contribution in [1.82, 2.24) is 10.2 Å². The first-order valence-electron chi connectivity index (χ1n) is 9.55. The van der Waals surface area contributed by atoms with Gasteiger partial charge in [-0.05, 0) is 17.2 Å². The van der Waals surface area contributed by atoms with Crippen molar-refractivity contribution < 1.29 is 4.92 Å². The van der Waals surface area contributed by atoms with Gasteiger partial charge in [0.05, 0.1) is 4.92 Å². The number of hydrogen-bond acceptors (Lipinski definition) is 5. The molecule has 0 aliphatic carbocycles. The van der Waals surface area contributed by atoms with E-state index < -0.39 is 0 Å². The van der Waals surface area contributed by atoms with Gasteiger partial charge in [-0.2, -0.15) is 0 Å². The Morgan fingerprint density at radius 2 is 1.74 bits per heavy atom. The lowest BCUT2D eigenvalue weighted by Crippen LogP contribution is -2.46. The number of nitro benzene ring substituents is 1. The number of nitrogens with zero attached hydrogens (tertiary/aromatic N) is 3. The Morgan fingerprint density at radius 1 is 1.04 bits per heavy atom. The second-order valence-corrected chi connectivity index (χ2v) is 7.36. The number of anilines is 1. The van der Waals surface area contributed by atoms with Gasteiger partial charge in [0.1, 0.15) is 5.69 Å². The second kappa shape index (κ2) is 8.97. The lowest BCUT2D eigenvalue weighted by molar-refractivity contribution is -0.384. The predicted octanol–water partition coefficient (Wildman–Crippen LogP) is 3.42. The number of piperazine rings is 1. The van der Waals surface area contributed by atoms with E-state index >= 15 is 0 Å². The average molecular weight is 368 g/mol. The molecular weight excluding hydrogens is 340 g/mol. The van der Waals surface area contributed by atoms with Crippen molar-refractivity contribution in [2.24, 2.45) is 0 Å². The van der Waals surface area contributed by atoms with Crippen molar-refractivity contribution in [1.29, 1.82) is 0 Å². The monoisotopic (exact) mass is 368 g/mol. The molecule has 144 valence electrons. The van der Waals surface area contributed by atoms with Gasteiger partial charge in [0.2, 0.25) is 0 Å². The third-order valence-electron chi connectivity index (χ3n) is 4.91. The van der Waals surface area contributed by atoms with Crippen LogP contribution in [0.5, 0.6) is 0 Å². The van der Waals surface area contributed by atoms with Gasteiger partial charge in [-0.3, -0.25) is 15.0 Å². The fourth-order valence-electron chi connectivity index (χ4n) is 3.40. The molecule has 1 fully saturated rings. The molecule has 27 heavy (non-hydrogen) atoms. The van der Waals surface area contributed by atoms with Crippen LogP contribution in [-0.2, 0) is 13.1 Å². The van der Waals surface area contributed by atoms with Crippen LogP contribution in [0.2, 0.25) is 0 Å². The molecule has 0 unspecified atom stereocenters. The molecule has 0 aromatic heterocycles. The van der Waals surface area contributed by atoms with E-state index in [4.69, 9.17) is 0 Å². The molecule has 0 bridgehead atoms. The summed E-state index contributed by atoms with van der Waals surface area (Å²) in [6.07, 6.45) is 0. The molecule has 2 aromatic rings. The predicted molar refractivity (Wildman–Crippen MR) is 109 cm³/mol. The lowest BCUT2D eigenvalue weighted by atomic mass is 10.1. The molecular formula is C21H28N4O2. The molecule has 6 nitrogen and oxygen atoms in total. The van der Waals surface area contributed by atoms with Crippen LogP contribution in [0.15, 0.2) is 48.5 Å². The molecule has 0 atom stereocenters. The Balaban J connectivity index is 1.65. The molecule has 6 heteroatoms. The Labute approximate surface area is 160 Å². The summed E-state index contributed by atoms with van der Waals surface area (Å²) in [5.41, 5.74) is 3.18. The van der Waals surface area contributed by atoms with Gasteiger partial charge in [0.15, 0.2) is 0 Å². The van der Waals surface area contributed by atoms with Gasteiger partial charge in [-0.15, -0.1) is 0 Å². The highest BCUT2D eigenvalue weighted by atomic mass is 16.6. The van der Waals surface area contributed by atoms with Crippen molar-refractivity contribution in [2.45, 2.75) is 33.0 Å². The van der Waals surface area contributed by atoms with Gasteiger partial charge < -0.3 is 10.2 Å². The molecule has 1 N–H and O–H groups in total. The normalized spacial score (nSPS) is 15.3. The quantitative estimate of drug-likeness (QED) is 0.599. The van der Waals surface area contributed by atoms with Crippen molar-refractivity contribution >= 4 is 11.4 Å². The van der Waals surface area contributed by atoms with Crippen LogP contribution in [0.3, 0.4) is 0 Å². The van der Waals surface area contributed by atoms with Crippen LogP contribution in [0.25, 0.3) is 0 Å². The van der Waals surface area contributed by atoms with Crippen molar-refractivity contribution in [2.75, 3.05) is 31.1 Å². The third-order valence-corrected chi connectivity index (χ3v) is 4.91. The Bertz CT molecular complexity index is 756. The highest BCUT2D eigenvalue weighted by molar-refractivity contribution is 5.64. The topological polar surface area (TPSA) is 61.6 Å². The van der Waals surface area contributed by atoms with Gasteiger partial charge in [-0.25, -0.2) is 0 Å². The van der Waals surface area contributed by atoms with Crippen molar-refractivity contribution in [3.05, 3.63) is 69.8 Å². The standard InChI is InChI=1S/C21H28N4O2/c1-17(2)22-15-19-8-9-20(21(14-19)25(26)27)24-12-10-23(11-13-24)16-18-6-4-3-5-7-18/h3-9,14,17,22H,10-13,15-16H2,1-2H3. The molecule has 2 aromatic carbocycles. The molecule has 0 radical (unpaired) electrons. The minimum absolute atomic E-state index is 0.203. The van der Waals surface area contributed by atoms with Gasteiger partial charge in [0.25, 0.3) is 5.69 Å². The first-order chi connectivity index (χ1) is 13.0. The first kappa shape index (κ1) is 19.3. The summed E-state index contributed by atoms with van der Waals surface area (Å²) in [6, 6.07) is 16.4. The molecule has 0 spiro atoms. The molecule has 3 rings (SSSR count). The lowest BCUT2D eigenvalue weighted by Gasteiger charge is -2.35. The third kappa shape index (κ3) is 5.28. The van der Waals surface area contributed by atoms with Crippen LogP contribution in [0.1, 0.15) is 25.0 Å². The summed E-state index contributed by atoms with van der Waals surface area (Å²) in [5.74, 6) is 0. The summed E-state index contributed by atoms with van der Waals surface area (Å²) in [7, 11) is 0. The molecule has 1 aliphatic rings. The van der Waals surface area contributed by atoms with Crippen molar-refractivity contribution in [3.8, 4) is 0 Å². The minimum Gasteiger partial charge on any atom is -0.363 e. The second-order valence-electron chi connectivity index (χ2n) is 7.36. The SMILES string of the molecule is CC(C)NCc1ccc(N2CCN(Cc3ccccc3)CC2)c([N+](=O)[O-])c1. The van der Waals surface area contributed by atoms with E-state index in [2.05, 4.69) is 53.2 Å². The highest BCUT2D eigenvalue weighted by Crippen LogP contribution is 2.30. The number of hydrogen-bond donors (Lipinski definition) is 1. The van der Waals surface area contributed by atoms with Crippen LogP contribution >= 0.6 is 0 Å². The summed E-state index contributed by atoms with van der Waals surface area (Å²) in [6.45, 7) is 9.12. The van der Waals surface area contributed by atoms with Crippen LogP contribution in [0, 0.1) is 10.1 Å². The van der Waals surface area contributed by atoms with Gasteiger partial charge in [-0.1, -0.05) is 50.2 Å². The highest BCUT2D eigenvalue weighted by Gasteiger charge is 2.24. The van der Waals surface area contributed by atoms with E-state index in [1.807, 2.05) is 18.2 Å². The van der Waals surface area contributed by atoms with Crippen LogP contribution < -0.4 is 10.2 Å². The number of benzene rings is 2. The largest absolute Gasteiger partial charge is 0.363 e. The summed E-state index contributed by atoms with van der Waals surface area (Å²) in [4.78, 5) is 15.9. The van der Waals surface area contributed by atoms with E-state index in [9.17, 15) is 10.1 Å². The maximum absolute atomic E-state index is 11.6. The fraction of sp³-hybridized carbons (Fsp3) is 0.429. The van der Waals surface area contributed by atoms with E-state index in [-0.39, 0.29) is 10.6 Å². The maximum Gasteiger partial charge on any atom is 0.292 e. The maximum atomic E-state index is 11.6. The first-order valence-corrected chi connectivity index (χ1v) is 9.55. The smallest absolute Gasteiger partial charge is 0.292 e. The Kier molecular flexibility index (Phi) is 6.42. The summed E-state index contributed by atoms with van der Waals surface area (Å²) >= 11 is 0. The number of rotatable bonds is 7. The number of nitro groups is 1. The zero-order valence-corrected chi connectivity index (χ0v) is 16.1. The Morgan fingerprint density at radius 3 is 2.37 bits per heavy atom. The van der Waals surface area contributed by atoms with Crippen LogP contribution in [-0.4, -0.2) is 42.0 Å². The zero-order valence-electron chi connectivity index (χ0n) is 16.1.